The Labute approximate surface area is 85.5 Å². The van der Waals surface area contributed by atoms with E-state index in [1.807, 2.05) is 0 Å². The van der Waals surface area contributed by atoms with Gasteiger partial charge in [0.2, 0.25) is 0 Å². The molecule has 6 heteroatoms. The van der Waals surface area contributed by atoms with E-state index in [1.165, 1.54) is 25.3 Å². The molecule has 1 rings (SSSR count). The molecular weight excluding hydrogens is 211 g/mol. The monoisotopic (exact) mass is 224 g/mol. The van der Waals surface area contributed by atoms with Gasteiger partial charge in [0.05, 0.1) is 7.11 Å². The van der Waals surface area contributed by atoms with E-state index in [4.69, 9.17) is 0 Å². The van der Waals surface area contributed by atoms with Crippen molar-refractivity contribution in [2.75, 3.05) is 13.7 Å². The van der Waals surface area contributed by atoms with Crippen LogP contribution in [0.2, 0.25) is 0 Å². The van der Waals surface area contributed by atoms with E-state index in [0.29, 0.717) is 0 Å². The van der Waals surface area contributed by atoms with Crippen LogP contribution in [0.5, 0.6) is 5.75 Å². The molecule has 1 aromatic rings. The molecule has 0 aliphatic rings. The molecule has 15 heavy (non-hydrogen) atoms. The van der Waals surface area contributed by atoms with Crippen LogP contribution in [-0.4, -0.2) is 20.1 Å². The third kappa shape index (κ3) is 6.75. The Bertz CT molecular complexity index is 271. The first-order valence-corrected chi connectivity index (χ1v) is 4.05. The summed E-state index contributed by atoms with van der Waals surface area (Å²) in [6.07, 6.45) is -2.58. The SMILES string of the molecule is CO[NH3+].Fc1ccccc1OCC(F)F. The molecule has 0 bridgehead atoms. The van der Waals surface area contributed by atoms with E-state index in [1.54, 1.807) is 0 Å². The van der Waals surface area contributed by atoms with Gasteiger partial charge in [0, 0.05) is 0 Å². The Morgan fingerprint density at radius 2 is 1.87 bits per heavy atom. The van der Waals surface area contributed by atoms with Crippen LogP contribution in [0.1, 0.15) is 0 Å². The summed E-state index contributed by atoms with van der Waals surface area (Å²) in [5, 5.41) is 0. The highest BCUT2D eigenvalue weighted by atomic mass is 19.3. The quantitative estimate of drug-likeness (QED) is 0.785. The van der Waals surface area contributed by atoms with Gasteiger partial charge in [-0.05, 0) is 12.1 Å². The van der Waals surface area contributed by atoms with E-state index in [9.17, 15) is 13.2 Å². The van der Waals surface area contributed by atoms with Crippen molar-refractivity contribution < 1.29 is 28.6 Å². The van der Waals surface area contributed by atoms with Crippen molar-refractivity contribution in [3.05, 3.63) is 30.1 Å². The lowest BCUT2D eigenvalue weighted by molar-refractivity contribution is -0.679. The Balaban J connectivity index is 0.000000583. The number of halogens is 3. The number of rotatable bonds is 3. The van der Waals surface area contributed by atoms with Crippen molar-refractivity contribution >= 4 is 0 Å². The number of hydrogen-bond acceptors (Lipinski definition) is 2. The molecule has 0 saturated carbocycles. The molecule has 86 valence electrons. The van der Waals surface area contributed by atoms with E-state index >= 15 is 0 Å². The van der Waals surface area contributed by atoms with E-state index in [-0.39, 0.29) is 5.75 Å². The molecule has 0 unspecified atom stereocenters. The molecule has 0 aliphatic heterocycles. The molecule has 0 amide bonds. The molecule has 0 aliphatic carbocycles. The van der Waals surface area contributed by atoms with Gasteiger partial charge in [0.1, 0.15) is 6.61 Å². The average molecular weight is 224 g/mol. The molecule has 3 nitrogen and oxygen atoms in total. The predicted octanol–water partition coefficient (Wildman–Crippen LogP) is 1.26. The first-order valence-electron chi connectivity index (χ1n) is 4.05. The Hall–Kier alpha value is -1.27. The lowest BCUT2D eigenvalue weighted by atomic mass is 10.3. The molecule has 0 saturated heterocycles. The van der Waals surface area contributed by atoms with E-state index in [2.05, 4.69) is 15.5 Å². The fourth-order valence-electron chi connectivity index (χ4n) is 0.715. The normalized spacial score (nSPS) is 9.47. The molecule has 0 heterocycles. The molecule has 0 atom stereocenters. The minimum absolute atomic E-state index is 0.141. The molecular formula is C9H13F3NO2+. The van der Waals surface area contributed by atoms with Crippen LogP contribution in [0.15, 0.2) is 24.3 Å². The first-order chi connectivity index (χ1) is 7.11. The fourth-order valence-corrected chi connectivity index (χ4v) is 0.715. The largest absolute Gasteiger partial charge is 0.485 e. The third-order valence-corrected chi connectivity index (χ3v) is 1.20. The van der Waals surface area contributed by atoms with Crippen molar-refractivity contribution in [3.8, 4) is 5.75 Å². The summed E-state index contributed by atoms with van der Waals surface area (Å²) in [4.78, 5) is 4.00. The van der Waals surface area contributed by atoms with Crippen LogP contribution in [0, 0.1) is 5.82 Å². The van der Waals surface area contributed by atoms with Gasteiger partial charge in [-0.1, -0.05) is 12.1 Å². The van der Waals surface area contributed by atoms with Crippen LogP contribution in [-0.2, 0) is 4.84 Å². The van der Waals surface area contributed by atoms with Crippen molar-refractivity contribution in [1.29, 1.82) is 0 Å². The summed E-state index contributed by atoms with van der Waals surface area (Å²) in [6.45, 7) is -0.777. The van der Waals surface area contributed by atoms with E-state index < -0.39 is 18.8 Å². The van der Waals surface area contributed by atoms with Crippen LogP contribution in [0.25, 0.3) is 0 Å². The topological polar surface area (TPSA) is 46.1 Å². The highest BCUT2D eigenvalue weighted by Gasteiger charge is 2.06. The van der Waals surface area contributed by atoms with Crippen molar-refractivity contribution in [3.63, 3.8) is 0 Å². The summed E-state index contributed by atoms with van der Waals surface area (Å²) in [5.41, 5.74) is 0. The second kappa shape index (κ2) is 8.07. The zero-order chi connectivity index (χ0) is 11.7. The number of para-hydroxylation sites is 1. The van der Waals surface area contributed by atoms with Crippen molar-refractivity contribution in [2.45, 2.75) is 6.43 Å². The Morgan fingerprint density at radius 3 is 2.33 bits per heavy atom. The van der Waals surface area contributed by atoms with Crippen LogP contribution in [0.4, 0.5) is 13.2 Å². The van der Waals surface area contributed by atoms with Gasteiger partial charge in [-0.25, -0.2) is 23.9 Å². The lowest BCUT2D eigenvalue weighted by Gasteiger charge is -2.04. The minimum Gasteiger partial charge on any atom is -0.485 e. The van der Waals surface area contributed by atoms with Gasteiger partial charge in [-0.15, -0.1) is 0 Å². The zero-order valence-electron chi connectivity index (χ0n) is 8.25. The maximum atomic E-state index is 12.7. The van der Waals surface area contributed by atoms with Crippen molar-refractivity contribution in [2.24, 2.45) is 0 Å². The molecule has 0 radical (unpaired) electrons. The van der Waals surface area contributed by atoms with Gasteiger partial charge in [-0.3, -0.25) is 0 Å². The molecule has 0 fully saturated rings. The number of alkyl halides is 2. The summed E-state index contributed by atoms with van der Waals surface area (Å²) in [5.74, 6) is 2.22. The molecule has 3 N–H and O–H groups in total. The zero-order valence-corrected chi connectivity index (χ0v) is 8.25. The second-order valence-electron chi connectivity index (χ2n) is 2.42. The summed E-state index contributed by atoms with van der Waals surface area (Å²) in [6, 6.07) is 5.44. The van der Waals surface area contributed by atoms with Crippen LogP contribution < -0.4 is 10.6 Å². The molecule has 1 aromatic carbocycles. The summed E-state index contributed by atoms with van der Waals surface area (Å²) >= 11 is 0. The van der Waals surface area contributed by atoms with Gasteiger partial charge in [0.15, 0.2) is 11.6 Å². The predicted molar refractivity (Wildman–Crippen MR) is 47.8 cm³/mol. The average Bonchev–Trinajstić information content (AvgIpc) is 2.17. The Kier molecular flexibility index (Phi) is 7.39. The third-order valence-electron chi connectivity index (χ3n) is 1.20. The number of ether oxygens (including phenoxy) is 1. The molecule has 0 spiro atoms. The minimum atomic E-state index is -2.58. The highest BCUT2D eigenvalue weighted by Crippen LogP contribution is 2.15. The maximum Gasteiger partial charge on any atom is 0.272 e. The van der Waals surface area contributed by atoms with Gasteiger partial charge in [-0.2, -0.15) is 0 Å². The standard InChI is InChI=1S/C8H7F3O.CH6NO/c9-6-3-1-2-4-7(6)12-5-8(10)11;1-3-2/h1-4,8H,5H2;1-2H3/q;+1. The van der Waals surface area contributed by atoms with Crippen LogP contribution in [0.3, 0.4) is 0 Å². The van der Waals surface area contributed by atoms with Crippen molar-refractivity contribution in [1.82, 2.24) is 0 Å². The first kappa shape index (κ1) is 13.7. The lowest BCUT2D eigenvalue weighted by Crippen LogP contribution is -2.46. The van der Waals surface area contributed by atoms with Gasteiger partial charge >= 0.3 is 0 Å². The number of hydrogen-bond donors (Lipinski definition) is 1. The maximum absolute atomic E-state index is 12.7. The second-order valence-corrected chi connectivity index (χ2v) is 2.42. The number of benzene rings is 1. The van der Waals surface area contributed by atoms with Gasteiger partial charge < -0.3 is 4.74 Å². The van der Waals surface area contributed by atoms with Crippen LogP contribution >= 0.6 is 0 Å². The summed E-state index contributed by atoms with van der Waals surface area (Å²) < 4.78 is 40.4. The van der Waals surface area contributed by atoms with Gasteiger partial charge in [0.25, 0.3) is 6.43 Å². The fraction of sp³-hybridized carbons (Fsp3) is 0.333. The highest BCUT2D eigenvalue weighted by molar-refractivity contribution is 5.23. The van der Waals surface area contributed by atoms with E-state index in [0.717, 1.165) is 6.07 Å². The number of quaternary nitrogens is 1. The Morgan fingerprint density at radius 1 is 1.33 bits per heavy atom. The summed E-state index contributed by atoms with van der Waals surface area (Å²) in [7, 11) is 1.51. The smallest absolute Gasteiger partial charge is 0.272 e. The molecule has 0 aromatic heterocycles.